The Bertz CT molecular complexity index is 584. The molecule has 7 heteroatoms. The van der Waals surface area contributed by atoms with Crippen LogP contribution in [0, 0.1) is 0 Å². The fraction of sp³-hybridized carbons (Fsp3) is 0.400. The number of urea groups is 1. The second-order valence-electron chi connectivity index (χ2n) is 5.21. The van der Waals surface area contributed by atoms with E-state index < -0.39 is 18.0 Å². The van der Waals surface area contributed by atoms with Crippen molar-refractivity contribution < 1.29 is 19.1 Å². The molecule has 0 saturated carbocycles. The summed E-state index contributed by atoms with van der Waals surface area (Å²) in [7, 11) is 0. The Balaban J connectivity index is 1.67. The number of morpholine rings is 1. The molecular formula is C15H17N3O4. The van der Waals surface area contributed by atoms with Crippen LogP contribution in [0.2, 0.25) is 0 Å². The molecule has 3 rings (SSSR count). The van der Waals surface area contributed by atoms with Crippen LogP contribution in [-0.2, 0) is 14.3 Å². The highest BCUT2D eigenvalue weighted by atomic mass is 16.5. The molecule has 0 bridgehead atoms. The van der Waals surface area contributed by atoms with Gasteiger partial charge in [0, 0.05) is 13.1 Å². The average Bonchev–Trinajstić information content (AvgIpc) is 2.83. The molecule has 2 aliphatic heterocycles. The first-order valence-corrected chi connectivity index (χ1v) is 7.22. The number of nitrogens with zero attached hydrogens (tertiary/aromatic N) is 2. The number of hydrogen-bond donors (Lipinski definition) is 1. The topological polar surface area (TPSA) is 79.0 Å². The second-order valence-corrected chi connectivity index (χ2v) is 5.21. The number of hydrogen-bond acceptors (Lipinski definition) is 4. The van der Waals surface area contributed by atoms with Gasteiger partial charge in [-0.2, -0.15) is 0 Å². The summed E-state index contributed by atoms with van der Waals surface area (Å²) in [6, 6.07) is 7.39. The third-order valence-corrected chi connectivity index (χ3v) is 3.78. The van der Waals surface area contributed by atoms with Crippen LogP contribution in [0.15, 0.2) is 30.3 Å². The fourth-order valence-electron chi connectivity index (χ4n) is 2.61. The lowest BCUT2D eigenvalue weighted by Crippen LogP contribution is -2.44. The minimum atomic E-state index is -0.803. The summed E-state index contributed by atoms with van der Waals surface area (Å²) in [5, 5.41) is 2.58. The van der Waals surface area contributed by atoms with Crippen LogP contribution in [0.5, 0.6) is 0 Å². The summed E-state index contributed by atoms with van der Waals surface area (Å²) >= 11 is 0. The molecule has 1 aromatic rings. The van der Waals surface area contributed by atoms with E-state index in [1.807, 2.05) is 0 Å². The molecule has 1 N–H and O–H groups in total. The van der Waals surface area contributed by atoms with Gasteiger partial charge in [-0.1, -0.05) is 18.2 Å². The van der Waals surface area contributed by atoms with E-state index in [4.69, 9.17) is 4.74 Å². The minimum absolute atomic E-state index is 0.0199. The van der Waals surface area contributed by atoms with Crippen LogP contribution in [0.4, 0.5) is 10.5 Å². The fourth-order valence-corrected chi connectivity index (χ4v) is 2.61. The van der Waals surface area contributed by atoms with Crippen molar-refractivity contribution in [3.8, 4) is 0 Å². The number of para-hydroxylation sites is 1. The summed E-state index contributed by atoms with van der Waals surface area (Å²) in [5.74, 6) is -0.533. The Morgan fingerprint density at radius 2 is 1.86 bits per heavy atom. The van der Waals surface area contributed by atoms with Gasteiger partial charge in [0.1, 0.15) is 6.04 Å². The summed E-state index contributed by atoms with van der Waals surface area (Å²) in [6.07, 6.45) is -0.0199. The van der Waals surface area contributed by atoms with Gasteiger partial charge in [-0.05, 0) is 12.1 Å². The number of rotatable bonds is 3. The van der Waals surface area contributed by atoms with Gasteiger partial charge < -0.3 is 15.0 Å². The Morgan fingerprint density at radius 1 is 1.18 bits per heavy atom. The minimum Gasteiger partial charge on any atom is -0.378 e. The number of ether oxygens (including phenoxy) is 1. The van der Waals surface area contributed by atoms with Crippen molar-refractivity contribution >= 4 is 23.5 Å². The molecular weight excluding hydrogens is 286 g/mol. The molecule has 2 aliphatic rings. The molecule has 2 saturated heterocycles. The number of anilines is 1. The molecule has 0 spiro atoms. The molecule has 116 valence electrons. The van der Waals surface area contributed by atoms with E-state index in [0.717, 1.165) is 4.90 Å². The molecule has 0 radical (unpaired) electrons. The van der Waals surface area contributed by atoms with E-state index in [-0.39, 0.29) is 12.3 Å². The van der Waals surface area contributed by atoms with Gasteiger partial charge in [-0.3, -0.25) is 9.59 Å². The molecule has 22 heavy (non-hydrogen) atoms. The van der Waals surface area contributed by atoms with Gasteiger partial charge >= 0.3 is 6.03 Å². The third-order valence-electron chi connectivity index (χ3n) is 3.78. The maximum Gasteiger partial charge on any atom is 0.329 e. The highest BCUT2D eigenvalue weighted by Crippen LogP contribution is 2.20. The van der Waals surface area contributed by atoms with Crippen molar-refractivity contribution in [1.82, 2.24) is 10.2 Å². The molecule has 0 aliphatic carbocycles. The Hall–Kier alpha value is -2.41. The van der Waals surface area contributed by atoms with Gasteiger partial charge in [0.2, 0.25) is 5.91 Å². The van der Waals surface area contributed by atoms with Crippen LogP contribution >= 0.6 is 0 Å². The largest absolute Gasteiger partial charge is 0.378 e. The standard InChI is InChI=1S/C15H17N3O4/c19-13(17-6-8-22-9-7-17)10-12-14(20)18(15(21)16-12)11-4-2-1-3-5-11/h1-5,12H,6-10H2,(H,16,21)/t12-/m1/s1. The summed E-state index contributed by atoms with van der Waals surface area (Å²) in [6.45, 7) is 2.06. The first kappa shape index (κ1) is 14.5. The maximum absolute atomic E-state index is 12.4. The Labute approximate surface area is 127 Å². The number of carbonyl (C=O) groups is 3. The lowest BCUT2D eigenvalue weighted by molar-refractivity contribution is -0.137. The number of amides is 4. The molecule has 1 aromatic carbocycles. The molecule has 0 unspecified atom stereocenters. The first-order chi connectivity index (χ1) is 10.7. The third kappa shape index (κ3) is 2.80. The van der Waals surface area contributed by atoms with Crippen molar-refractivity contribution in [2.45, 2.75) is 12.5 Å². The zero-order chi connectivity index (χ0) is 15.5. The maximum atomic E-state index is 12.4. The molecule has 4 amide bonds. The van der Waals surface area contributed by atoms with Gasteiger partial charge in [0.15, 0.2) is 0 Å². The smallest absolute Gasteiger partial charge is 0.329 e. The lowest BCUT2D eigenvalue weighted by Gasteiger charge is -2.27. The van der Waals surface area contributed by atoms with E-state index in [1.54, 1.807) is 35.2 Å². The molecule has 1 atom stereocenters. The van der Waals surface area contributed by atoms with Crippen LogP contribution in [0.3, 0.4) is 0 Å². The van der Waals surface area contributed by atoms with Crippen molar-refractivity contribution in [2.24, 2.45) is 0 Å². The number of imide groups is 1. The molecule has 2 fully saturated rings. The van der Waals surface area contributed by atoms with E-state index in [2.05, 4.69) is 5.32 Å². The quantitative estimate of drug-likeness (QED) is 0.818. The highest BCUT2D eigenvalue weighted by Gasteiger charge is 2.40. The van der Waals surface area contributed by atoms with E-state index in [0.29, 0.717) is 32.0 Å². The van der Waals surface area contributed by atoms with E-state index in [1.165, 1.54) is 0 Å². The predicted octanol–water partition coefficient (Wildman–Crippen LogP) is 0.360. The van der Waals surface area contributed by atoms with Crippen LogP contribution in [0.25, 0.3) is 0 Å². The summed E-state index contributed by atoms with van der Waals surface area (Å²) < 4.78 is 5.19. The first-order valence-electron chi connectivity index (χ1n) is 7.22. The van der Waals surface area contributed by atoms with Crippen molar-refractivity contribution in [2.75, 3.05) is 31.2 Å². The van der Waals surface area contributed by atoms with Crippen molar-refractivity contribution in [3.05, 3.63) is 30.3 Å². The predicted molar refractivity (Wildman–Crippen MR) is 78.3 cm³/mol. The van der Waals surface area contributed by atoms with Crippen LogP contribution in [0.1, 0.15) is 6.42 Å². The highest BCUT2D eigenvalue weighted by molar-refractivity contribution is 6.22. The Morgan fingerprint density at radius 3 is 2.55 bits per heavy atom. The molecule has 7 nitrogen and oxygen atoms in total. The van der Waals surface area contributed by atoms with Crippen LogP contribution in [-0.4, -0.2) is 55.1 Å². The number of carbonyl (C=O) groups excluding carboxylic acids is 3. The molecule has 2 heterocycles. The number of benzene rings is 1. The zero-order valence-corrected chi connectivity index (χ0v) is 12.0. The van der Waals surface area contributed by atoms with E-state index in [9.17, 15) is 14.4 Å². The van der Waals surface area contributed by atoms with Gasteiger partial charge in [-0.25, -0.2) is 9.69 Å². The zero-order valence-electron chi connectivity index (χ0n) is 12.0. The molecule has 0 aromatic heterocycles. The summed E-state index contributed by atoms with van der Waals surface area (Å²) in [5.41, 5.74) is 0.506. The second kappa shape index (κ2) is 6.15. The van der Waals surface area contributed by atoms with Crippen LogP contribution < -0.4 is 10.2 Å². The Kier molecular flexibility index (Phi) is 4.06. The SMILES string of the molecule is O=C(C[C@H]1NC(=O)N(c2ccccc2)C1=O)N1CCOCC1. The average molecular weight is 303 g/mol. The van der Waals surface area contributed by atoms with Crippen molar-refractivity contribution in [1.29, 1.82) is 0 Å². The monoisotopic (exact) mass is 303 g/mol. The number of nitrogens with one attached hydrogen (secondary N) is 1. The van der Waals surface area contributed by atoms with Gasteiger partial charge in [0.05, 0.1) is 25.3 Å². The lowest BCUT2D eigenvalue weighted by atomic mass is 10.1. The van der Waals surface area contributed by atoms with Gasteiger partial charge in [0.25, 0.3) is 5.91 Å². The van der Waals surface area contributed by atoms with E-state index >= 15 is 0 Å². The normalized spacial score (nSPS) is 21.9. The summed E-state index contributed by atoms with van der Waals surface area (Å²) in [4.78, 5) is 39.3. The van der Waals surface area contributed by atoms with Gasteiger partial charge in [-0.15, -0.1) is 0 Å². The van der Waals surface area contributed by atoms with Crippen molar-refractivity contribution in [3.63, 3.8) is 0 Å².